The number of ether oxygens (including phenoxy) is 1. The second kappa shape index (κ2) is 7.94. The van der Waals surface area contributed by atoms with Crippen molar-refractivity contribution < 1.29 is 4.74 Å². The standard InChI is InChI=1S/C17H27NOS/c1-13(18-16-5-4-6-17(16)20-3)7-8-14-9-11-15(19-2)12-10-14/h9-13,16-18H,4-8H2,1-3H3. The molecule has 1 aliphatic carbocycles. The van der Waals surface area contributed by atoms with Crippen LogP contribution in [0.4, 0.5) is 0 Å². The van der Waals surface area contributed by atoms with Crippen molar-refractivity contribution in [2.75, 3.05) is 13.4 Å². The molecule has 1 aromatic carbocycles. The number of hydrogen-bond donors (Lipinski definition) is 1. The summed E-state index contributed by atoms with van der Waals surface area (Å²) in [5.74, 6) is 0.939. The molecule has 0 heterocycles. The third-order valence-corrected chi connectivity index (χ3v) is 5.45. The van der Waals surface area contributed by atoms with Gasteiger partial charge in [-0.2, -0.15) is 11.8 Å². The molecule has 3 unspecified atom stereocenters. The lowest BCUT2D eigenvalue weighted by molar-refractivity contribution is 0.414. The van der Waals surface area contributed by atoms with E-state index in [1.165, 1.54) is 31.2 Å². The first kappa shape index (κ1) is 15.7. The lowest BCUT2D eigenvalue weighted by Gasteiger charge is -2.24. The molecule has 20 heavy (non-hydrogen) atoms. The number of hydrogen-bond acceptors (Lipinski definition) is 3. The molecule has 1 saturated carbocycles. The fraction of sp³-hybridized carbons (Fsp3) is 0.647. The number of nitrogens with one attached hydrogen (secondary N) is 1. The van der Waals surface area contributed by atoms with E-state index in [-0.39, 0.29) is 0 Å². The van der Waals surface area contributed by atoms with Gasteiger partial charge in [0.2, 0.25) is 0 Å². The highest BCUT2D eigenvalue weighted by Crippen LogP contribution is 2.28. The highest BCUT2D eigenvalue weighted by molar-refractivity contribution is 7.99. The first-order valence-electron chi connectivity index (χ1n) is 7.64. The molecule has 0 amide bonds. The van der Waals surface area contributed by atoms with Crippen molar-refractivity contribution in [1.82, 2.24) is 5.32 Å². The Morgan fingerprint density at radius 2 is 2.05 bits per heavy atom. The zero-order valence-corrected chi connectivity index (χ0v) is 13.7. The molecule has 2 nitrogen and oxygen atoms in total. The van der Waals surface area contributed by atoms with Crippen molar-refractivity contribution in [2.45, 2.75) is 56.4 Å². The van der Waals surface area contributed by atoms with Gasteiger partial charge in [0.25, 0.3) is 0 Å². The van der Waals surface area contributed by atoms with Crippen molar-refractivity contribution in [3.63, 3.8) is 0 Å². The molecule has 0 aliphatic heterocycles. The average molecular weight is 293 g/mol. The summed E-state index contributed by atoms with van der Waals surface area (Å²) in [6.07, 6.45) is 8.68. The van der Waals surface area contributed by atoms with Crippen molar-refractivity contribution >= 4 is 11.8 Å². The molecule has 1 aromatic rings. The maximum Gasteiger partial charge on any atom is 0.118 e. The number of rotatable bonds is 7. The molecule has 2 rings (SSSR count). The van der Waals surface area contributed by atoms with E-state index in [0.717, 1.165) is 23.5 Å². The predicted octanol–water partition coefficient (Wildman–Crippen LogP) is 3.89. The van der Waals surface area contributed by atoms with Crippen LogP contribution in [0.25, 0.3) is 0 Å². The largest absolute Gasteiger partial charge is 0.497 e. The van der Waals surface area contributed by atoms with Crippen LogP contribution >= 0.6 is 11.8 Å². The number of thioether (sulfide) groups is 1. The second-order valence-electron chi connectivity index (χ2n) is 5.77. The minimum Gasteiger partial charge on any atom is -0.497 e. The topological polar surface area (TPSA) is 21.3 Å². The zero-order chi connectivity index (χ0) is 14.4. The first-order valence-corrected chi connectivity index (χ1v) is 8.93. The van der Waals surface area contributed by atoms with Crippen LogP contribution in [0.1, 0.15) is 38.2 Å². The Kier molecular flexibility index (Phi) is 6.24. The van der Waals surface area contributed by atoms with Gasteiger partial charge in [0.15, 0.2) is 0 Å². The van der Waals surface area contributed by atoms with Crippen molar-refractivity contribution in [1.29, 1.82) is 0 Å². The Balaban J connectivity index is 1.75. The van der Waals surface area contributed by atoms with E-state index in [4.69, 9.17) is 4.74 Å². The number of aryl methyl sites for hydroxylation is 1. The van der Waals surface area contributed by atoms with E-state index < -0.39 is 0 Å². The molecule has 0 aromatic heterocycles. The Morgan fingerprint density at radius 1 is 1.30 bits per heavy atom. The average Bonchev–Trinajstić information content (AvgIpc) is 2.92. The molecular formula is C17H27NOS. The molecule has 1 N–H and O–H groups in total. The first-order chi connectivity index (χ1) is 9.72. The summed E-state index contributed by atoms with van der Waals surface area (Å²) in [5.41, 5.74) is 1.40. The summed E-state index contributed by atoms with van der Waals surface area (Å²) in [5, 5.41) is 4.65. The van der Waals surface area contributed by atoms with E-state index >= 15 is 0 Å². The van der Waals surface area contributed by atoms with Crippen LogP contribution in [0.3, 0.4) is 0 Å². The fourth-order valence-corrected chi connectivity index (χ4v) is 3.97. The van der Waals surface area contributed by atoms with Gasteiger partial charge in [0.1, 0.15) is 5.75 Å². The Labute approximate surface area is 127 Å². The Bertz CT molecular complexity index is 392. The lowest BCUT2D eigenvalue weighted by atomic mass is 10.0. The van der Waals surface area contributed by atoms with E-state index in [0.29, 0.717) is 6.04 Å². The minimum absolute atomic E-state index is 0.592. The summed E-state index contributed by atoms with van der Waals surface area (Å²) in [6.45, 7) is 2.32. The summed E-state index contributed by atoms with van der Waals surface area (Å²) in [6, 6.07) is 9.76. The highest BCUT2D eigenvalue weighted by Gasteiger charge is 2.26. The summed E-state index contributed by atoms with van der Waals surface area (Å²) in [7, 11) is 1.71. The van der Waals surface area contributed by atoms with Crippen LogP contribution in [-0.2, 0) is 6.42 Å². The van der Waals surface area contributed by atoms with Gasteiger partial charge in [-0.25, -0.2) is 0 Å². The van der Waals surface area contributed by atoms with Crippen LogP contribution in [0.2, 0.25) is 0 Å². The number of benzene rings is 1. The van der Waals surface area contributed by atoms with Gasteiger partial charge in [-0.3, -0.25) is 0 Å². The third kappa shape index (κ3) is 4.42. The number of methoxy groups -OCH3 is 1. The van der Waals surface area contributed by atoms with Crippen LogP contribution in [0, 0.1) is 0 Å². The van der Waals surface area contributed by atoms with Crippen LogP contribution in [0.15, 0.2) is 24.3 Å². The van der Waals surface area contributed by atoms with Crippen LogP contribution in [0.5, 0.6) is 5.75 Å². The quantitative estimate of drug-likeness (QED) is 0.824. The third-order valence-electron chi connectivity index (χ3n) is 4.28. The van der Waals surface area contributed by atoms with Gasteiger partial charge in [-0.05, 0) is 56.6 Å². The smallest absolute Gasteiger partial charge is 0.118 e. The minimum atomic E-state index is 0.592. The second-order valence-corrected chi connectivity index (χ2v) is 6.84. The Morgan fingerprint density at radius 3 is 2.70 bits per heavy atom. The molecule has 112 valence electrons. The predicted molar refractivity (Wildman–Crippen MR) is 88.9 cm³/mol. The van der Waals surface area contributed by atoms with E-state index in [1.54, 1.807) is 7.11 Å². The normalized spacial score (nSPS) is 23.8. The molecule has 0 bridgehead atoms. The van der Waals surface area contributed by atoms with Gasteiger partial charge in [-0.1, -0.05) is 18.6 Å². The van der Waals surface area contributed by atoms with Gasteiger partial charge in [0, 0.05) is 17.3 Å². The van der Waals surface area contributed by atoms with Gasteiger partial charge in [0.05, 0.1) is 7.11 Å². The highest BCUT2D eigenvalue weighted by atomic mass is 32.2. The van der Waals surface area contributed by atoms with Crippen molar-refractivity contribution in [3.8, 4) is 5.75 Å². The van der Waals surface area contributed by atoms with E-state index in [9.17, 15) is 0 Å². The molecule has 3 heteroatoms. The molecule has 3 atom stereocenters. The molecule has 0 spiro atoms. The van der Waals surface area contributed by atoms with E-state index in [1.807, 2.05) is 23.9 Å². The molecule has 1 fully saturated rings. The van der Waals surface area contributed by atoms with Gasteiger partial charge >= 0.3 is 0 Å². The van der Waals surface area contributed by atoms with Crippen molar-refractivity contribution in [2.24, 2.45) is 0 Å². The van der Waals surface area contributed by atoms with Gasteiger partial charge < -0.3 is 10.1 Å². The molecule has 0 saturated heterocycles. The maximum atomic E-state index is 5.19. The maximum absolute atomic E-state index is 5.19. The summed E-state index contributed by atoms with van der Waals surface area (Å²) in [4.78, 5) is 0. The van der Waals surface area contributed by atoms with Crippen LogP contribution in [-0.4, -0.2) is 30.7 Å². The summed E-state index contributed by atoms with van der Waals surface area (Å²) < 4.78 is 5.19. The van der Waals surface area contributed by atoms with Gasteiger partial charge in [-0.15, -0.1) is 0 Å². The van der Waals surface area contributed by atoms with E-state index in [2.05, 4.69) is 30.6 Å². The van der Waals surface area contributed by atoms with Crippen LogP contribution < -0.4 is 10.1 Å². The zero-order valence-electron chi connectivity index (χ0n) is 12.9. The SMILES string of the molecule is COc1ccc(CCC(C)NC2CCCC2SC)cc1. The molecular weight excluding hydrogens is 266 g/mol. The fourth-order valence-electron chi connectivity index (χ4n) is 3.02. The summed E-state index contributed by atoms with van der Waals surface area (Å²) >= 11 is 2.02. The lowest BCUT2D eigenvalue weighted by Crippen LogP contribution is -2.40. The molecule has 0 radical (unpaired) electrons. The monoisotopic (exact) mass is 293 g/mol. The Hall–Kier alpha value is -0.670. The van der Waals surface area contributed by atoms with Crippen molar-refractivity contribution in [3.05, 3.63) is 29.8 Å². The molecule has 1 aliphatic rings.